The van der Waals surface area contributed by atoms with Crippen LogP contribution < -0.4 is 0 Å². The van der Waals surface area contributed by atoms with Crippen molar-refractivity contribution in [3.05, 3.63) is 12.2 Å². The zero-order valence-electron chi connectivity index (χ0n) is 12.9. The molecule has 1 rings (SSSR count). The zero-order chi connectivity index (χ0) is 15.5. The second-order valence-corrected chi connectivity index (χ2v) is 5.33. The predicted molar refractivity (Wildman–Crippen MR) is 78.8 cm³/mol. The number of esters is 2. The van der Waals surface area contributed by atoms with E-state index in [9.17, 15) is 9.59 Å². The molecular formula is C16H26O5. The Morgan fingerprint density at radius 1 is 1.14 bits per heavy atom. The van der Waals surface area contributed by atoms with Gasteiger partial charge in [-0.2, -0.15) is 0 Å². The highest BCUT2D eigenvalue weighted by atomic mass is 16.6. The number of rotatable bonds is 11. The predicted octanol–water partition coefficient (Wildman–Crippen LogP) is 2.78. The molecule has 0 saturated carbocycles. The van der Waals surface area contributed by atoms with E-state index in [1.807, 2.05) is 0 Å². The van der Waals surface area contributed by atoms with Gasteiger partial charge in [0.2, 0.25) is 0 Å². The molecule has 0 aromatic rings. The zero-order valence-corrected chi connectivity index (χ0v) is 12.9. The van der Waals surface area contributed by atoms with Crippen molar-refractivity contribution < 1.29 is 23.8 Å². The molecule has 0 aromatic carbocycles. The van der Waals surface area contributed by atoms with Crippen LogP contribution in [0.1, 0.15) is 51.9 Å². The van der Waals surface area contributed by atoms with Crippen LogP contribution in [0.3, 0.4) is 0 Å². The molecule has 0 N–H and O–H groups in total. The number of unbranched alkanes of at least 4 members (excludes halogenated alkanes) is 5. The molecule has 1 aliphatic heterocycles. The first kappa shape index (κ1) is 17.7. The van der Waals surface area contributed by atoms with Crippen LogP contribution in [-0.4, -0.2) is 37.9 Å². The van der Waals surface area contributed by atoms with Crippen LogP contribution >= 0.6 is 0 Å². The van der Waals surface area contributed by atoms with E-state index in [0.29, 0.717) is 19.8 Å². The Labute approximate surface area is 126 Å². The smallest absolute Gasteiger partial charge is 0.334 e. The average Bonchev–Trinajstić information content (AvgIpc) is 2.41. The summed E-state index contributed by atoms with van der Waals surface area (Å²) in [4.78, 5) is 23.1. The minimum Gasteiger partial charge on any atom is -0.465 e. The van der Waals surface area contributed by atoms with Crippen molar-refractivity contribution in [2.24, 2.45) is 0 Å². The topological polar surface area (TPSA) is 61.8 Å². The molecule has 0 amide bonds. The Hall–Kier alpha value is -1.36. The molecule has 0 unspecified atom stereocenters. The van der Waals surface area contributed by atoms with Crippen molar-refractivity contribution in [1.29, 1.82) is 0 Å². The van der Waals surface area contributed by atoms with E-state index in [2.05, 4.69) is 13.5 Å². The van der Waals surface area contributed by atoms with Crippen molar-refractivity contribution in [2.45, 2.75) is 58.0 Å². The highest BCUT2D eigenvalue weighted by Crippen LogP contribution is 2.11. The van der Waals surface area contributed by atoms with Gasteiger partial charge in [0, 0.05) is 5.57 Å². The number of hydrogen-bond acceptors (Lipinski definition) is 5. The first-order chi connectivity index (χ1) is 10.1. The van der Waals surface area contributed by atoms with Gasteiger partial charge >= 0.3 is 11.9 Å². The van der Waals surface area contributed by atoms with Gasteiger partial charge in [0.1, 0.15) is 6.10 Å². The van der Waals surface area contributed by atoms with Gasteiger partial charge in [-0.05, 0) is 6.42 Å². The van der Waals surface area contributed by atoms with Crippen LogP contribution in [0.15, 0.2) is 12.2 Å². The maximum atomic E-state index is 11.6. The fourth-order valence-electron chi connectivity index (χ4n) is 1.88. The Morgan fingerprint density at radius 3 is 2.43 bits per heavy atom. The molecule has 5 nitrogen and oxygen atoms in total. The summed E-state index contributed by atoms with van der Waals surface area (Å²) in [6.45, 7) is 6.99. The van der Waals surface area contributed by atoms with Crippen LogP contribution in [0.2, 0.25) is 0 Å². The van der Waals surface area contributed by atoms with Gasteiger partial charge < -0.3 is 14.2 Å². The molecular weight excluding hydrogens is 272 g/mol. The molecule has 120 valence electrons. The second-order valence-electron chi connectivity index (χ2n) is 5.33. The molecule has 1 fully saturated rings. The third-order valence-corrected chi connectivity index (χ3v) is 3.29. The molecule has 1 saturated heterocycles. The summed E-state index contributed by atoms with van der Waals surface area (Å²) >= 11 is 0. The van der Waals surface area contributed by atoms with E-state index < -0.39 is 11.9 Å². The van der Waals surface area contributed by atoms with E-state index in [-0.39, 0.29) is 18.1 Å². The van der Waals surface area contributed by atoms with Gasteiger partial charge in [0.15, 0.2) is 0 Å². The van der Waals surface area contributed by atoms with E-state index in [4.69, 9.17) is 14.2 Å². The van der Waals surface area contributed by atoms with E-state index in [0.717, 1.165) is 12.8 Å². The Morgan fingerprint density at radius 2 is 1.81 bits per heavy atom. The summed E-state index contributed by atoms with van der Waals surface area (Å²) < 4.78 is 15.0. The number of hydrogen-bond donors (Lipinski definition) is 0. The molecule has 0 aromatic heterocycles. The fraction of sp³-hybridized carbons (Fsp3) is 0.750. The van der Waals surface area contributed by atoms with Crippen molar-refractivity contribution in [3.63, 3.8) is 0 Å². The minimum atomic E-state index is -0.542. The van der Waals surface area contributed by atoms with Crippen molar-refractivity contribution in [3.8, 4) is 0 Å². The van der Waals surface area contributed by atoms with Crippen molar-refractivity contribution >= 4 is 11.9 Å². The third-order valence-electron chi connectivity index (χ3n) is 3.29. The maximum Gasteiger partial charge on any atom is 0.334 e. The van der Waals surface area contributed by atoms with Gasteiger partial charge in [-0.3, -0.25) is 4.79 Å². The van der Waals surface area contributed by atoms with Crippen LogP contribution in [0.4, 0.5) is 0 Å². The largest absolute Gasteiger partial charge is 0.465 e. The van der Waals surface area contributed by atoms with Gasteiger partial charge in [-0.15, -0.1) is 0 Å². The number of ether oxygens (including phenoxy) is 3. The first-order valence-electron chi connectivity index (χ1n) is 7.75. The molecule has 0 aliphatic carbocycles. The normalized spacial score (nSPS) is 14.3. The molecule has 0 atom stereocenters. The Balaban J connectivity index is 2.01. The molecule has 0 spiro atoms. The van der Waals surface area contributed by atoms with E-state index in [1.54, 1.807) is 0 Å². The van der Waals surface area contributed by atoms with E-state index in [1.165, 1.54) is 25.7 Å². The maximum absolute atomic E-state index is 11.6. The van der Waals surface area contributed by atoms with Crippen LogP contribution in [0, 0.1) is 0 Å². The summed E-state index contributed by atoms with van der Waals surface area (Å²) in [5, 5.41) is 0. The summed E-state index contributed by atoms with van der Waals surface area (Å²) in [6, 6.07) is 0. The lowest BCUT2D eigenvalue weighted by atomic mass is 10.1. The Bertz CT molecular complexity index is 347. The van der Waals surface area contributed by atoms with E-state index >= 15 is 0 Å². The Kier molecular flexibility index (Phi) is 8.74. The first-order valence-corrected chi connectivity index (χ1v) is 7.75. The van der Waals surface area contributed by atoms with Crippen molar-refractivity contribution in [1.82, 2.24) is 0 Å². The van der Waals surface area contributed by atoms with Gasteiger partial charge in [0.05, 0.1) is 26.2 Å². The van der Waals surface area contributed by atoms with Gasteiger partial charge in [0.25, 0.3) is 0 Å². The summed E-state index contributed by atoms with van der Waals surface area (Å²) in [7, 11) is 0. The van der Waals surface area contributed by atoms with Gasteiger partial charge in [-0.25, -0.2) is 4.79 Å². The van der Waals surface area contributed by atoms with Crippen molar-refractivity contribution in [2.75, 3.05) is 19.8 Å². The molecule has 0 radical (unpaired) electrons. The lowest BCUT2D eigenvalue weighted by Gasteiger charge is -2.25. The van der Waals surface area contributed by atoms with Crippen LogP contribution in [0.25, 0.3) is 0 Å². The minimum absolute atomic E-state index is 0.109. The van der Waals surface area contributed by atoms with Gasteiger partial charge in [-0.1, -0.05) is 45.6 Å². The molecule has 0 bridgehead atoms. The summed E-state index contributed by atoms with van der Waals surface area (Å²) in [5.41, 5.74) is 0.134. The number of carbonyl (C=O) groups is 2. The third kappa shape index (κ3) is 7.85. The molecule has 1 heterocycles. The summed E-state index contributed by atoms with van der Waals surface area (Å²) in [6.07, 6.45) is 6.51. The molecule has 5 heteroatoms. The summed E-state index contributed by atoms with van der Waals surface area (Å²) in [5.74, 6) is -0.963. The highest BCUT2D eigenvalue weighted by molar-refractivity contribution is 5.93. The highest BCUT2D eigenvalue weighted by Gasteiger charge is 2.24. The molecule has 1 aliphatic rings. The molecule has 21 heavy (non-hydrogen) atoms. The standard InChI is InChI=1S/C16H26O5/c1-3-4-5-6-7-8-9-20-15(17)10-13(2)16(18)21-14-11-19-12-14/h14H,2-12H2,1H3. The fourth-order valence-corrected chi connectivity index (χ4v) is 1.88. The lowest BCUT2D eigenvalue weighted by molar-refractivity contribution is -0.168. The van der Waals surface area contributed by atoms with Crippen LogP contribution in [-0.2, 0) is 23.8 Å². The second kappa shape index (κ2) is 10.4. The van der Waals surface area contributed by atoms with Crippen LogP contribution in [0.5, 0.6) is 0 Å². The average molecular weight is 298 g/mol. The SMILES string of the molecule is C=C(CC(=O)OCCCCCCCC)C(=O)OC1COC1. The monoisotopic (exact) mass is 298 g/mol. The quantitative estimate of drug-likeness (QED) is 0.333. The lowest BCUT2D eigenvalue weighted by Crippen LogP contribution is -2.38. The number of carbonyl (C=O) groups excluding carboxylic acids is 2.